The summed E-state index contributed by atoms with van der Waals surface area (Å²) < 4.78 is 15.4. The molecule has 160 valence electrons. The fraction of sp³-hybridized carbons (Fsp3) is 0.550. The quantitative estimate of drug-likeness (QED) is 0.616. The normalized spacial score (nSPS) is 12.7. The van der Waals surface area contributed by atoms with Crippen molar-refractivity contribution in [1.82, 2.24) is 10.3 Å². The number of nitrogens with one attached hydrogen (secondary N) is 1. The zero-order chi connectivity index (χ0) is 22.1. The molecule has 1 aromatic heterocycles. The molecule has 29 heavy (non-hydrogen) atoms. The Morgan fingerprint density at radius 1 is 1.14 bits per heavy atom. The van der Waals surface area contributed by atoms with Crippen molar-refractivity contribution in [3.63, 3.8) is 0 Å². The lowest BCUT2D eigenvalue weighted by Crippen LogP contribution is -2.46. The van der Waals surface area contributed by atoms with E-state index in [2.05, 4.69) is 10.3 Å². The van der Waals surface area contributed by atoms with Crippen LogP contribution in [0.2, 0.25) is 0 Å². The van der Waals surface area contributed by atoms with E-state index in [4.69, 9.17) is 14.2 Å². The molecule has 0 aliphatic carbocycles. The van der Waals surface area contributed by atoms with Crippen LogP contribution in [0.5, 0.6) is 5.75 Å². The Labute approximate surface area is 170 Å². The van der Waals surface area contributed by atoms with Crippen LogP contribution in [-0.4, -0.2) is 47.6 Å². The molecule has 1 rings (SSSR count). The number of aryl methyl sites for hydroxylation is 1. The second kappa shape index (κ2) is 11.1. The van der Waals surface area contributed by atoms with Crippen molar-refractivity contribution in [2.45, 2.75) is 60.1 Å². The number of carbonyl (C=O) groups excluding carboxylic acids is 4. The molecule has 0 saturated heterocycles. The van der Waals surface area contributed by atoms with Gasteiger partial charge in [-0.05, 0) is 38.8 Å². The summed E-state index contributed by atoms with van der Waals surface area (Å²) in [5.41, 5.74) is 0.348. The summed E-state index contributed by atoms with van der Waals surface area (Å²) in [6, 6.07) is 0.332. The van der Waals surface area contributed by atoms with Crippen LogP contribution in [0.3, 0.4) is 0 Å². The first-order valence-electron chi connectivity index (χ1n) is 9.38. The van der Waals surface area contributed by atoms with Gasteiger partial charge in [-0.1, -0.05) is 13.8 Å². The van der Waals surface area contributed by atoms with Crippen molar-refractivity contribution in [3.05, 3.63) is 23.5 Å². The molecule has 2 atom stereocenters. The number of pyridine rings is 1. The summed E-state index contributed by atoms with van der Waals surface area (Å²) in [6.07, 6.45) is 1.52. The first kappa shape index (κ1) is 24.1. The summed E-state index contributed by atoms with van der Waals surface area (Å²) in [7, 11) is 0. The Hall–Kier alpha value is -2.97. The smallest absolute Gasteiger partial charge is 0.332 e. The highest BCUT2D eigenvalue weighted by molar-refractivity contribution is 5.98. The molecule has 0 radical (unpaired) electrons. The van der Waals surface area contributed by atoms with Gasteiger partial charge in [-0.3, -0.25) is 14.4 Å². The second-order valence-corrected chi connectivity index (χ2v) is 6.85. The molecular weight excluding hydrogens is 380 g/mol. The van der Waals surface area contributed by atoms with E-state index < -0.39 is 42.6 Å². The van der Waals surface area contributed by atoms with Crippen molar-refractivity contribution in [2.75, 3.05) is 6.61 Å². The minimum absolute atomic E-state index is 0.00919. The van der Waals surface area contributed by atoms with Crippen LogP contribution in [0.15, 0.2) is 12.3 Å². The van der Waals surface area contributed by atoms with E-state index in [1.165, 1.54) is 13.1 Å². The van der Waals surface area contributed by atoms with E-state index in [1.54, 1.807) is 33.8 Å². The van der Waals surface area contributed by atoms with Crippen LogP contribution in [0.1, 0.15) is 57.1 Å². The fourth-order valence-corrected chi connectivity index (χ4v) is 2.16. The van der Waals surface area contributed by atoms with Gasteiger partial charge in [0.2, 0.25) is 0 Å². The summed E-state index contributed by atoms with van der Waals surface area (Å²) in [4.78, 5) is 52.3. The number of amides is 1. The number of nitrogens with zero attached hydrogens (tertiary/aromatic N) is 1. The van der Waals surface area contributed by atoms with Crippen molar-refractivity contribution in [1.29, 1.82) is 0 Å². The minimum Gasteiger partial charge on any atom is -0.463 e. The Kier molecular flexibility index (Phi) is 9.24. The van der Waals surface area contributed by atoms with Gasteiger partial charge >= 0.3 is 17.9 Å². The van der Waals surface area contributed by atoms with Gasteiger partial charge in [-0.2, -0.15) is 0 Å². The SMILES string of the molecule is CCC(C)C(=O)OCC(NC(=O)c1nccc(C)c1OC(C)=O)C(=O)OC(C)C. The average molecular weight is 408 g/mol. The van der Waals surface area contributed by atoms with Crippen molar-refractivity contribution < 1.29 is 33.4 Å². The van der Waals surface area contributed by atoms with Crippen LogP contribution < -0.4 is 10.1 Å². The molecule has 0 saturated carbocycles. The molecule has 9 heteroatoms. The maximum atomic E-state index is 12.7. The van der Waals surface area contributed by atoms with Crippen molar-refractivity contribution >= 4 is 23.8 Å². The van der Waals surface area contributed by atoms with Gasteiger partial charge in [0.25, 0.3) is 5.91 Å². The summed E-state index contributed by atoms with van der Waals surface area (Å²) in [6.45, 7) is 9.30. The third-order valence-electron chi connectivity index (χ3n) is 3.91. The van der Waals surface area contributed by atoms with E-state index in [9.17, 15) is 19.2 Å². The zero-order valence-corrected chi connectivity index (χ0v) is 17.6. The topological polar surface area (TPSA) is 121 Å². The molecule has 0 aromatic carbocycles. The lowest BCUT2D eigenvalue weighted by molar-refractivity contribution is -0.156. The Morgan fingerprint density at radius 2 is 1.79 bits per heavy atom. The number of aromatic nitrogens is 1. The first-order valence-corrected chi connectivity index (χ1v) is 9.38. The predicted octanol–water partition coefficient (Wildman–Crippen LogP) is 1.95. The monoisotopic (exact) mass is 408 g/mol. The van der Waals surface area contributed by atoms with Crippen LogP contribution >= 0.6 is 0 Å². The van der Waals surface area contributed by atoms with E-state index in [0.717, 1.165) is 0 Å². The van der Waals surface area contributed by atoms with E-state index in [1.807, 2.05) is 6.92 Å². The van der Waals surface area contributed by atoms with Gasteiger partial charge in [-0.15, -0.1) is 0 Å². The highest BCUT2D eigenvalue weighted by Gasteiger charge is 2.28. The number of rotatable bonds is 9. The molecule has 9 nitrogen and oxygen atoms in total. The van der Waals surface area contributed by atoms with E-state index >= 15 is 0 Å². The van der Waals surface area contributed by atoms with Gasteiger partial charge in [-0.25, -0.2) is 9.78 Å². The van der Waals surface area contributed by atoms with Gasteiger partial charge in [0.05, 0.1) is 12.0 Å². The van der Waals surface area contributed by atoms with Crippen LogP contribution in [-0.2, 0) is 23.9 Å². The maximum absolute atomic E-state index is 12.7. The number of hydrogen-bond donors (Lipinski definition) is 1. The Balaban J connectivity index is 3.05. The van der Waals surface area contributed by atoms with Crippen molar-refractivity contribution in [2.24, 2.45) is 5.92 Å². The van der Waals surface area contributed by atoms with E-state index in [-0.39, 0.29) is 17.4 Å². The summed E-state index contributed by atoms with van der Waals surface area (Å²) >= 11 is 0. The molecular formula is C20H28N2O7. The van der Waals surface area contributed by atoms with Gasteiger partial charge < -0.3 is 19.5 Å². The van der Waals surface area contributed by atoms with Crippen LogP contribution in [0.25, 0.3) is 0 Å². The number of carbonyl (C=O) groups is 4. The standard InChI is InChI=1S/C20H28N2O7/c1-7-12(4)19(25)27-10-15(20(26)28-11(2)3)22-18(24)16-17(29-14(6)23)13(5)8-9-21-16/h8-9,11-12,15H,7,10H2,1-6H3,(H,22,24). The van der Waals surface area contributed by atoms with Crippen LogP contribution in [0, 0.1) is 12.8 Å². The lowest BCUT2D eigenvalue weighted by Gasteiger charge is -2.20. The predicted molar refractivity (Wildman–Crippen MR) is 103 cm³/mol. The van der Waals surface area contributed by atoms with Gasteiger partial charge in [0, 0.05) is 13.1 Å². The third kappa shape index (κ3) is 7.52. The molecule has 2 unspecified atom stereocenters. The molecule has 0 bridgehead atoms. The molecule has 0 aliphatic heterocycles. The third-order valence-corrected chi connectivity index (χ3v) is 3.91. The molecule has 1 heterocycles. The molecule has 0 spiro atoms. The average Bonchev–Trinajstić information content (AvgIpc) is 2.64. The highest BCUT2D eigenvalue weighted by atomic mass is 16.6. The van der Waals surface area contributed by atoms with Gasteiger partial charge in [0.15, 0.2) is 17.5 Å². The molecule has 1 amide bonds. The number of esters is 3. The molecule has 1 aromatic rings. The lowest BCUT2D eigenvalue weighted by atomic mass is 10.1. The Morgan fingerprint density at radius 3 is 2.34 bits per heavy atom. The van der Waals surface area contributed by atoms with Crippen LogP contribution in [0.4, 0.5) is 0 Å². The molecule has 0 aliphatic rings. The van der Waals surface area contributed by atoms with Gasteiger partial charge in [0.1, 0.15) is 6.61 Å². The fourth-order valence-electron chi connectivity index (χ4n) is 2.16. The minimum atomic E-state index is -1.25. The molecule has 0 fully saturated rings. The number of ether oxygens (including phenoxy) is 3. The highest BCUT2D eigenvalue weighted by Crippen LogP contribution is 2.21. The van der Waals surface area contributed by atoms with Crippen molar-refractivity contribution in [3.8, 4) is 5.75 Å². The number of hydrogen-bond acceptors (Lipinski definition) is 8. The summed E-state index contributed by atoms with van der Waals surface area (Å²) in [5.74, 6) is -2.99. The summed E-state index contributed by atoms with van der Waals surface area (Å²) in [5, 5.41) is 2.45. The molecule has 1 N–H and O–H groups in total. The first-order chi connectivity index (χ1) is 13.6. The largest absolute Gasteiger partial charge is 0.463 e. The zero-order valence-electron chi connectivity index (χ0n) is 17.6. The van der Waals surface area contributed by atoms with E-state index in [0.29, 0.717) is 12.0 Å². The Bertz CT molecular complexity index is 761. The maximum Gasteiger partial charge on any atom is 0.332 e. The second-order valence-electron chi connectivity index (χ2n) is 6.85.